The maximum Gasteiger partial charge on any atom is 0.321 e. The number of carbonyl (C=O) groups is 1. The lowest BCUT2D eigenvalue weighted by Crippen LogP contribution is -2.41. The van der Waals surface area contributed by atoms with Gasteiger partial charge in [0.1, 0.15) is 0 Å². The number of benzene rings is 1. The second-order valence-corrected chi connectivity index (χ2v) is 7.42. The Labute approximate surface area is 159 Å². The largest absolute Gasteiger partial charge is 0.370 e. The summed E-state index contributed by atoms with van der Waals surface area (Å²) >= 11 is 0. The predicted molar refractivity (Wildman–Crippen MR) is 104 cm³/mol. The Hall–Kier alpha value is -2.64. The number of rotatable bonds is 3. The van der Waals surface area contributed by atoms with E-state index in [1.807, 2.05) is 30.1 Å². The highest BCUT2D eigenvalue weighted by molar-refractivity contribution is 5.93. The Morgan fingerprint density at radius 2 is 1.81 bits per heavy atom. The molecule has 2 aromatic rings. The molecule has 8 heteroatoms. The van der Waals surface area contributed by atoms with Crippen LogP contribution in [0, 0.1) is 0 Å². The molecular formula is C19H27N7O. The number of likely N-dealkylation sites (tertiary alicyclic amines) is 1. The summed E-state index contributed by atoms with van der Waals surface area (Å²) in [7, 11) is 1.87. The van der Waals surface area contributed by atoms with Crippen molar-refractivity contribution >= 4 is 17.4 Å². The lowest BCUT2D eigenvalue weighted by molar-refractivity contribution is 0.193. The van der Waals surface area contributed by atoms with Crippen molar-refractivity contribution in [2.45, 2.75) is 38.0 Å². The average molecular weight is 369 g/mol. The van der Waals surface area contributed by atoms with Gasteiger partial charge in [0, 0.05) is 39.1 Å². The zero-order valence-corrected chi connectivity index (χ0v) is 15.8. The van der Waals surface area contributed by atoms with Crippen LogP contribution in [0.25, 0.3) is 0 Å². The Kier molecular flexibility index (Phi) is 5.22. The van der Waals surface area contributed by atoms with E-state index < -0.39 is 0 Å². The van der Waals surface area contributed by atoms with E-state index in [4.69, 9.17) is 0 Å². The Morgan fingerprint density at radius 1 is 1.07 bits per heavy atom. The van der Waals surface area contributed by atoms with Crippen LogP contribution in [-0.4, -0.2) is 57.3 Å². The minimum atomic E-state index is -0.0194. The van der Waals surface area contributed by atoms with Gasteiger partial charge in [0.05, 0.1) is 11.4 Å². The highest BCUT2D eigenvalue weighted by Crippen LogP contribution is 2.30. The molecule has 2 aliphatic heterocycles. The number of tetrazole rings is 1. The quantitative estimate of drug-likeness (QED) is 0.900. The monoisotopic (exact) mass is 369 g/mol. The Bertz CT molecular complexity index is 776. The summed E-state index contributed by atoms with van der Waals surface area (Å²) < 4.78 is 1.73. The molecule has 1 aromatic heterocycles. The number of carbonyl (C=O) groups excluding carboxylic acids is 1. The van der Waals surface area contributed by atoms with Crippen molar-refractivity contribution in [1.82, 2.24) is 25.1 Å². The van der Waals surface area contributed by atoms with Crippen LogP contribution in [-0.2, 0) is 7.05 Å². The van der Waals surface area contributed by atoms with Crippen LogP contribution in [0.15, 0.2) is 24.3 Å². The zero-order valence-electron chi connectivity index (χ0n) is 15.8. The molecular weight excluding hydrogens is 342 g/mol. The first-order chi connectivity index (χ1) is 13.2. The normalized spacial score (nSPS) is 18.6. The van der Waals surface area contributed by atoms with Gasteiger partial charge in [-0.3, -0.25) is 0 Å². The van der Waals surface area contributed by atoms with Gasteiger partial charge in [-0.2, -0.15) is 0 Å². The number of amides is 2. The van der Waals surface area contributed by atoms with Crippen molar-refractivity contribution in [3.8, 4) is 0 Å². The number of anilines is 2. The van der Waals surface area contributed by atoms with Gasteiger partial charge in [-0.25, -0.2) is 9.48 Å². The summed E-state index contributed by atoms with van der Waals surface area (Å²) in [6, 6.07) is 8.11. The number of aromatic nitrogens is 4. The fourth-order valence-corrected chi connectivity index (χ4v) is 4.11. The smallest absolute Gasteiger partial charge is 0.321 e. The number of hydrogen-bond acceptors (Lipinski definition) is 5. The summed E-state index contributed by atoms with van der Waals surface area (Å²) in [5.41, 5.74) is 2.04. The number of piperidine rings is 2. The van der Waals surface area contributed by atoms with Gasteiger partial charge in [-0.15, -0.1) is 5.10 Å². The zero-order chi connectivity index (χ0) is 18.6. The van der Waals surface area contributed by atoms with Gasteiger partial charge in [0.15, 0.2) is 5.82 Å². The molecule has 0 bridgehead atoms. The van der Waals surface area contributed by atoms with Crippen molar-refractivity contribution in [3.05, 3.63) is 30.1 Å². The highest BCUT2D eigenvalue weighted by Gasteiger charge is 2.27. The fraction of sp³-hybridized carbons (Fsp3) is 0.579. The first-order valence-corrected chi connectivity index (χ1v) is 9.84. The second kappa shape index (κ2) is 7.94. The number of nitrogens with zero attached hydrogens (tertiary/aromatic N) is 6. The van der Waals surface area contributed by atoms with E-state index in [1.54, 1.807) is 4.68 Å². The molecule has 144 valence electrons. The minimum absolute atomic E-state index is 0.0194. The van der Waals surface area contributed by atoms with Crippen LogP contribution in [0.1, 0.15) is 43.8 Å². The van der Waals surface area contributed by atoms with Crippen LogP contribution in [0.4, 0.5) is 16.2 Å². The highest BCUT2D eigenvalue weighted by atomic mass is 16.2. The minimum Gasteiger partial charge on any atom is -0.370 e. The molecule has 0 saturated carbocycles. The van der Waals surface area contributed by atoms with E-state index >= 15 is 0 Å². The number of hydrogen-bond donors (Lipinski definition) is 1. The van der Waals surface area contributed by atoms with E-state index in [2.05, 4.69) is 31.8 Å². The molecule has 4 rings (SSSR count). The molecule has 0 atom stereocenters. The molecule has 2 amide bonds. The number of urea groups is 1. The molecule has 0 radical (unpaired) electrons. The second-order valence-electron chi connectivity index (χ2n) is 7.42. The van der Waals surface area contributed by atoms with Gasteiger partial charge >= 0.3 is 6.03 Å². The van der Waals surface area contributed by atoms with Crippen molar-refractivity contribution in [3.63, 3.8) is 0 Å². The third-order valence-electron chi connectivity index (χ3n) is 5.64. The van der Waals surface area contributed by atoms with Gasteiger partial charge in [-0.05, 0) is 54.7 Å². The Balaban J connectivity index is 1.38. The molecule has 2 aliphatic rings. The number of para-hydroxylation sites is 2. The molecule has 27 heavy (non-hydrogen) atoms. The lowest BCUT2D eigenvalue weighted by atomic mass is 9.96. The van der Waals surface area contributed by atoms with Crippen LogP contribution < -0.4 is 10.2 Å². The molecule has 1 N–H and O–H groups in total. The van der Waals surface area contributed by atoms with Crippen LogP contribution >= 0.6 is 0 Å². The molecule has 2 saturated heterocycles. The van der Waals surface area contributed by atoms with Crippen LogP contribution in [0.2, 0.25) is 0 Å². The number of aryl methyl sites for hydroxylation is 1. The first kappa shape index (κ1) is 17.8. The first-order valence-electron chi connectivity index (χ1n) is 9.84. The maximum absolute atomic E-state index is 12.8. The van der Waals surface area contributed by atoms with Crippen molar-refractivity contribution < 1.29 is 4.79 Å². The maximum atomic E-state index is 12.8. The van der Waals surface area contributed by atoms with Crippen LogP contribution in [0.3, 0.4) is 0 Å². The summed E-state index contributed by atoms with van der Waals surface area (Å²) in [6.07, 6.45) is 5.49. The summed E-state index contributed by atoms with van der Waals surface area (Å²) in [5, 5.41) is 14.9. The Morgan fingerprint density at radius 3 is 2.52 bits per heavy atom. The topological polar surface area (TPSA) is 79.2 Å². The molecule has 8 nitrogen and oxygen atoms in total. The van der Waals surface area contributed by atoms with E-state index in [-0.39, 0.29) is 6.03 Å². The standard InChI is InChI=1S/C19H27N7O/c1-24-18(21-22-23-24)15-9-13-26(14-10-15)19(27)20-16-7-3-4-8-17(16)25-11-5-2-6-12-25/h3-4,7-8,15H,2,5-6,9-14H2,1H3,(H,20,27). The number of nitrogens with one attached hydrogen (secondary N) is 1. The van der Waals surface area contributed by atoms with Crippen molar-refractivity contribution in [2.24, 2.45) is 7.05 Å². The van der Waals surface area contributed by atoms with Gasteiger partial charge in [0.2, 0.25) is 0 Å². The fourth-order valence-electron chi connectivity index (χ4n) is 4.11. The van der Waals surface area contributed by atoms with Crippen molar-refractivity contribution in [1.29, 1.82) is 0 Å². The molecule has 0 unspecified atom stereocenters. The molecule has 0 aliphatic carbocycles. The van der Waals surface area contributed by atoms with E-state index in [9.17, 15) is 4.79 Å². The molecule has 1 aromatic carbocycles. The summed E-state index contributed by atoms with van der Waals surface area (Å²) in [4.78, 5) is 17.1. The van der Waals surface area contributed by atoms with E-state index in [0.29, 0.717) is 5.92 Å². The lowest BCUT2D eigenvalue weighted by Gasteiger charge is -2.33. The summed E-state index contributed by atoms with van der Waals surface area (Å²) in [6.45, 7) is 3.55. The van der Waals surface area contributed by atoms with E-state index in [1.165, 1.54) is 19.3 Å². The molecule has 2 fully saturated rings. The average Bonchev–Trinajstić information content (AvgIpc) is 3.15. The predicted octanol–water partition coefficient (Wildman–Crippen LogP) is 2.61. The van der Waals surface area contributed by atoms with Gasteiger partial charge in [0.25, 0.3) is 0 Å². The third-order valence-corrected chi connectivity index (χ3v) is 5.64. The third kappa shape index (κ3) is 3.89. The van der Waals surface area contributed by atoms with Gasteiger partial charge in [-0.1, -0.05) is 12.1 Å². The summed E-state index contributed by atoms with van der Waals surface area (Å²) in [5.74, 6) is 1.22. The SMILES string of the molecule is Cn1nnnc1C1CCN(C(=O)Nc2ccccc2N2CCCCC2)CC1. The van der Waals surface area contributed by atoms with Crippen LogP contribution in [0.5, 0.6) is 0 Å². The van der Waals surface area contributed by atoms with Gasteiger partial charge < -0.3 is 15.1 Å². The molecule has 3 heterocycles. The molecule has 0 spiro atoms. The van der Waals surface area contributed by atoms with E-state index in [0.717, 1.165) is 56.2 Å². The van der Waals surface area contributed by atoms with Crippen molar-refractivity contribution in [2.75, 3.05) is 36.4 Å².